The van der Waals surface area contributed by atoms with Gasteiger partial charge < -0.3 is 5.73 Å². The van der Waals surface area contributed by atoms with E-state index in [0.717, 1.165) is 0 Å². The minimum atomic E-state index is -0.256. The summed E-state index contributed by atoms with van der Waals surface area (Å²) in [5, 5.41) is 4.83. The fourth-order valence-corrected chi connectivity index (χ4v) is 2.10. The summed E-state index contributed by atoms with van der Waals surface area (Å²) in [6.07, 6.45) is 1.45. The molecule has 1 aromatic carbocycles. The van der Waals surface area contributed by atoms with Crippen LogP contribution in [0.4, 0.5) is 5.69 Å². The highest BCUT2D eigenvalue weighted by molar-refractivity contribution is 6.35. The largest absolute Gasteiger partial charge is 0.398 e. The summed E-state index contributed by atoms with van der Waals surface area (Å²) in [5.41, 5.74) is 6.83. The number of anilines is 1. The number of aryl methyl sites for hydroxylation is 1. The number of benzene rings is 1. The molecule has 0 saturated heterocycles. The summed E-state index contributed by atoms with van der Waals surface area (Å²) in [7, 11) is 0. The molecule has 18 heavy (non-hydrogen) atoms. The lowest BCUT2D eigenvalue weighted by atomic mass is 10.1. The van der Waals surface area contributed by atoms with Gasteiger partial charge in [0.1, 0.15) is 5.69 Å². The monoisotopic (exact) mass is 283 g/mol. The third kappa shape index (κ3) is 2.21. The zero-order chi connectivity index (χ0) is 13.3. The van der Waals surface area contributed by atoms with E-state index in [9.17, 15) is 4.79 Å². The Bertz CT molecular complexity index is 607. The van der Waals surface area contributed by atoms with E-state index < -0.39 is 0 Å². The van der Waals surface area contributed by atoms with E-state index >= 15 is 0 Å². The maximum Gasteiger partial charge on any atom is 0.214 e. The van der Waals surface area contributed by atoms with Gasteiger partial charge in [0.15, 0.2) is 0 Å². The molecule has 0 aliphatic carbocycles. The van der Waals surface area contributed by atoms with Gasteiger partial charge in [-0.05, 0) is 25.1 Å². The lowest BCUT2D eigenvalue weighted by Crippen LogP contribution is -2.12. The van der Waals surface area contributed by atoms with Gasteiger partial charge in [-0.15, -0.1) is 0 Å². The van der Waals surface area contributed by atoms with Gasteiger partial charge in [0.2, 0.25) is 5.78 Å². The normalized spacial score (nSPS) is 10.6. The molecule has 0 radical (unpaired) electrons. The first-order valence-electron chi connectivity index (χ1n) is 5.35. The molecule has 0 amide bonds. The number of nitrogens with zero attached hydrogens (tertiary/aromatic N) is 2. The van der Waals surface area contributed by atoms with Crippen LogP contribution in [0.2, 0.25) is 10.0 Å². The molecule has 6 heteroatoms. The maximum absolute atomic E-state index is 12.4. The molecule has 2 aromatic rings. The van der Waals surface area contributed by atoms with Crippen molar-refractivity contribution >= 4 is 34.7 Å². The molecule has 0 spiro atoms. The number of aromatic nitrogens is 2. The number of hydrogen-bond donors (Lipinski definition) is 1. The summed E-state index contributed by atoms with van der Waals surface area (Å²) >= 11 is 11.8. The van der Waals surface area contributed by atoms with Crippen molar-refractivity contribution in [3.63, 3.8) is 0 Å². The Balaban J connectivity index is 2.51. The molecule has 0 atom stereocenters. The van der Waals surface area contributed by atoms with Crippen LogP contribution < -0.4 is 5.73 Å². The van der Waals surface area contributed by atoms with Crippen molar-refractivity contribution in [3.8, 4) is 0 Å². The Morgan fingerprint density at radius 2 is 2.17 bits per heavy atom. The standard InChI is InChI=1S/C12H11Cl2N3O/c1-2-17-11(9(14)6-16-17)12(18)8-4-3-7(13)5-10(8)15/h3-6H,2,15H2,1H3. The Morgan fingerprint density at radius 3 is 2.78 bits per heavy atom. The Hall–Kier alpha value is -1.52. The molecule has 0 aliphatic heterocycles. The topological polar surface area (TPSA) is 60.9 Å². The van der Waals surface area contributed by atoms with Gasteiger partial charge in [0.05, 0.1) is 11.2 Å². The van der Waals surface area contributed by atoms with E-state index in [-0.39, 0.29) is 5.78 Å². The average Bonchev–Trinajstić information content (AvgIpc) is 2.69. The first-order valence-corrected chi connectivity index (χ1v) is 6.11. The van der Waals surface area contributed by atoms with Gasteiger partial charge in [0.25, 0.3) is 0 Å². The lowest BCUT2D eigenvalue weighted by Gasteiger charge is -2.07. The molecule has 0 bridgehead atoms. The summed E-state index contributed by atoms with van der Waals surface area (Å²) < 4.78 is 1.54. The zero-order valence-electron chi connectivity index (χ0n) is 9.65. The molecular weight excluding hydrogens is 273 g/mol. The smallest absolute Gasteiger partial charge is 0.214 e. The average molecular weight is 284 g/mol. The van der Waals surface area contributed by atoms with Crippen LogP contribution in [0.5, 0.6) is 0 Å². The number of carbonyl (C=O) groups excluding carboxylic acids is 1. The van der Waals surface area contributed by atoms with Gasteiger partial charge in [0, 0.05) is 22.8 Å². The summed E-state index contributed by atoms with van der Waals surface area (Å²) in [6.45, 7) is 2.44. The van der Waals surface area contributed by atoms with Crippen molar-refractivity contribution in [2.45, 2.75) is 13.5 Å². The first-order chi connectivity index (χ1) is 8.54. The second-order valence-corrected chi connectivity index (χ2v) is 4.56. The van der Waals surface area contributed by atoms with E-state index in [1.807, 2.05) is 6.92 Å². The van der Waals surface area contributed by atoms with Crippen LogP contribution in [0, 0.1) is 0 Å². The molecule has 4 nitrogen and oxygen atoms in total. The van der Waals surface area contributed by atoms with Crippen molar-refractivity contribution in [1.82, 2.24) is 9.78 Å². The number of halogens is 2. The molecule has 2 rings (SSSR count). The molecular formula is C12H11Cl2N3O. The Kier molecular flexibility index (Phi) is 3.59. The van der Waals surface area contributed by atoms with Crippen molar-refractivity contribution in [3.05, 3.63) is 45.7 Å². The Labute approximate surface area is 114 Å². The highest BCUT2D eigenvalue weighted by Crippen LogP contribution is 2.24. The number of carbonyl (C=O) groups is 1. The number of ketones is 1. The molecule has 1 heterocycles. The highest BCUT2D eigenvalue weighted by Gasteiger charge is 2.20. The van der Waals surface area contributed by atoms with Crippen LogP contribution in [-0.4, -0.2) is 15.6 Å². The molecule has 0 saturated carbocycles. The molecule has 0 fully saturated rings. The van der Waals surface area contributed by atoms with Crippen LogP contribution in [-0.2, 0) is 6.54 Å². The number of nitrogens with two attached hydrogens (primary N) is 1. The van der Waals surface area contributed by atoms with E-state index in [1.165, 1.54) is 12.3 Å². The van der Waals surface area contributed by atoms with Crippen LogP contribution in [0.25, 0.3) is 0 Å². The summed E-state index contributed by atoms with van der Waals surface area (Å²) in [6, 6.07) is 4.74. The minimum Gasteiger partial charge on any atom is -0.398 e. The van der Waals surface area contributed by atoms with E-state index in [2.05, 4.69) is 5.10 Å². The van der Waals surface area contributed by atoms with Crippen LogP contribution >= 0.6 is 23.2 Å². The van der Waals surface area contributed by atoms with Gasteiger partial charge in [-0.1, -0.05) is 23.2 Å². The lowest BCUT2D eigenvalue weighted by molar-refractivity contribution is 0.103. The SMILES string of the molecule is CCn1ncc(Cl)c1C(=O)c1ccc(Cl)cc1N. The van der Waals surface area contributed by atoms with Gasteiger partial charge in [-0.3, -0.25) is 9.48 Å². The first kappa shape index (κ1) is 12.9. The van der Waals surface area contributed by atoms with Gasteiger partial charge >= 0.3 is 0 Å². The van der Waals surface area contributed by atoms with Crippen LogP contribution in [0.1, 0.15) is 23.0 Å². The highest BCUT2D eigenvalue weighted by atomic mass is 35.5. The van der Waals surface area contributed by atoms with Crippen molar-refractivity contribution in [2.75, 3.05) is 5.73 Å². The third-order valence-corrected chi connectivity index (χ3v) is 3.08. The number of nitrogen functional groups attached to an aromatic ring is 1. The number of rotatable bonds is 3. The fourth-order valence-electron chi connectivity index (χ4n) is 1.70. The second-order valence-electron chi connectivity index (χ2n) is 3.72. The van der Waals surface area contributed by atoms with Crippen LogP contribution in [0.3, 0.4) is 0 Å². The van der Waals surface area contributed by atoms with E-state index in [0.29, 0.717) is 33.5 Å². The minimum absolute atomic E-state index is 0.256. The summed E-state index contributed by atoms with van der Waals surface area (Å²) in [4.78, 5) is 12.4. The molecule has 2 N–H and O–H groups in total. The predicted molar refractivity (Wildman–Crippen MR) is 72.2 cm³/mol. The second kappa shape index (κ2) is 5.00. The molecule has 94 valence electrons. The zero-order valence-corrected chi connectivity index (χ0v) is 11.2. The van der Waals surface area contributed by atoms with Crippen molar-refractivity contribution in [1.29, 1.82) is 0 Å². The van der Waals surface area contributed by atoms with Crippen molar-refractivity contribution < 1.29 is 4.79 Å². The predicted octanol–water partition coefficient (Wildman–Crippen LogP) is 3.02. The molecule has 0 unspecified atom stereocenters. The molecule has 1 aromatic heterocycles. The summed E-state index contributed by atoms with van der Waals surface area (Å²) in [5.74, 6) is -0.256. The third-order valence-electron chi connectivity index (χ3n) is 2.57. The Morgan fingerprint density at radius 1 is 1.44 bits per heavy atom. The number of hydrogen-bond acceptors (Lipinski definition) is 3. The maximum atomic E-state index is 12.4. The van der Waals surface area contributed by atoms with Gasteiger partial charge in [-0.25, -0.2) is 0 Å². The quantitative estimate of drug-likeness (QED) is 0.696. The van der Waals surface area contributed by atoms with Gasteiger partial charge in [-0.2, -0.15) is 5.10 Å². The van der Waals surface area contributed by atoms with Crippen LogP contribution in [0.15, 0.2) is 24.4 Å². The fraction of sp³-hybridized carbons (Fsp3) is 0.167. The molecule has 0 aliphatic rings. The van der Waals surface area contributed by atoms with Crippen molar-refractivity contribution in [2.24, 2.45) is 0 Å². The van der Waals surface area contributed by atoms with E-state index in [4.69, 9.17) is 28.9 Å². The van der Waals surface area contributed by atoms with E-state index in [1.54, 1.807) is 16.8 Å².